The number of likely N-dealkylation sites (tertiary alicyclic amines) is 1. The molecule has 26 heavy (non-hydrogen) atoms. The Balaban J connectivity index is 1.72. The molecule has 0 aliphatic carbocycles. The first-order valence-corrected chi connectivity index (χ1v) is 9.20. The second kappa shape index (κ2) is 6.74. The number of carbonyl (C=O) groups is 2. The van der Waals surface area contributed by atoms with Crippen LogP contribution in [-0.4, -0.2) is 58.0 Å². The van der Waals surface area contributed by atoms with Gasteiger partial charge in [0.1, 0.15) is 0 Å². The first-order chi connectivity index (χ1) is 12.2. The van der Waals surface area contributed by atoms with Crippen molar-refractivity contribution in [1.29, 1.82) is 0 Å². The quantitative estimate of drug-likeness (QED) is 0.919. The Kier molecular flexibility index (Phi) is 4.78. The van der Waals surface area contributed by atoms with E-state index in [2.05, 4.69) is 10.2 Å². The van der Waals surface area contributed by atoms with Crippen molar-refractivity contribution in [1.82, 2.24) is 20.0 Å². The van der Waals surface area contributed by atoms with Gasteiger partial charge in [-0.15, -0.1) is 0 Å². The summed E-state index contributed by atoms with van der Waals surface area (Å²) < 4.78 is 0. The molecule has 2 aromatic rings. The van der Waals surface area contributed by atoms with E-state index in [4.69, 9.17) is 0 Å². The van der Waals surface area contributed by atoms with Crippen LogP contribution < -0.4 is 0 Å². The summed E-state index contributed by atoms with van der Waals surface area (Å²) in [5.74, 6) is 0.122. The average Bonchev–Trinajstić information content (AvgIpc) is 3.19. The van der Waals surface area contributed by atoms with Gasteiger partial charge in [0.25, 0.3) is 5.91 Å². The predicted molar refractivity (Wildman–Crippen MR) is 102 cm³/mol. The third-order valence-corrected chi connectivity index (χ3v) is 5.10. The number of hydrogen-bond acceptors (Lipinski definition) is 3. The topological polar surface area (TPSA) is 69.3 Å². The number of hydrogen-bond donors (Lipinski definition) is 1. The van der Waals surface area contributed by atoms with E-state index in [0.29, 0.717) is 12.1 Å². The molecule has 2 heterocycles. The van der Waals surface area contributed by atoms with Gasteiger partial charge in [0.2, 0.25) is 5.91 Å². The van der Waals surface area contributed by atoms with Crippen LogP contribution in [-0.2, 0) is 4.79 Å². The van der Waals surface area contributed by atoms with Gasteiger partial charge in [-0.05, 0) is 31.9 Å². The Bertz CT molecular complexity index is 834. The minimum Gasteiger partial charge on any atom is -0.340 e. The number of nitrogens with one attached hydrogen (secondary N) is 1. The lowest BCUT2D eigenvalue weighted by atomic mass is 9.94. The van der Waals surface area contributed by atoms with Crippen molar-refractivity contribution >= 4 is 22.7 Å². The highest BCUT2D eigenvalue weighted by molar-refractivity contribution is 5.98. The van der Waals surface area contributed by atoms with Crippen molar-refractivity contribution in [2.75, 3.05) is 20.1 Å². The molecule has 1 saturated heterocycles. The van der Waals surface area contributed by atoms with E-state index in [1.54, 1.807) is 11.9 Å². The number of likely N-dealkylation sites (N-methyl/N-ethyl adjacent to an activating group) is 1. The fourth-order valence-corrected chi connectivity index (χ4v) is 3.62. The van der Waals surface area contributed by atoms with E-state index in [0.717, 1.165) is 36.0 Å². The fraction of sp³-hybridized carbons (Fsp3) is 0.550. The van der Waals surface area contributed by atoms with Crippen LogP contribution >= 0.6 is 0 Å². The number of carbonyl (C=O) groups excluding carboxylic acids is 2. The number of aromatic amines is 1. The van der Waals surface area contributed by atoms with Gasteiger partial charge < -0.3 is 9.80 Å². The van der Waals surface area contributed by atoms with Gasteiger partial charge >= 0.3 is 0 Å². The number of amides is 2. The monoisotopic (exact) mass is 356 g/mol. The second-order valence-electron chi connectivity index (χ2n) is 8.31. The molecule has 6 heteroatoms. The van der Waals surface area contributed by atoms with Crippen molar-refractivity contribution in [2.45, 2.75) is 46.6 Å². The average molecular weight is 356 g/mol. The summed E-state index contributed by atoms with van der Waals surface area (Å²) in [4.78, 5) is 29.2. The molecular formula is C20H28N4O2. The van der Waals surface area contributed by atoms with Gasteiger partial charge in [-0.3, -0.25) is 14.7 Å². The standard InChI is InChI=1S/C20H28N4O2/c1-13-16-9-8-14(11-17(16)22-21-13)18(25)23(5)12-15-7-6-10-24(15)19(26)20(2,3)4/h8-9,11,15H,6-7,10,12H2,1-5H3,(H,21,22). The van der Waals surface area contributed by atoms with Crippen molar-refractivity contribution < 1.29 is 9.59 Å². The minimum atomic E-state index is -0.395. The van der Waals surface area contributed by atoms with E-state index in [9.17, 15) is 9.59 Å². The number of nitrogens with zero attached hydrogens (tertiary/aromatic N) is 3. The summed E-state index contributed by atoms with van der Waals surface area (Å²) in [7, 11) is 1.81. The van der Waals surface area contributed by atoms with Crippen LogP contribution in [0.3, 0.4) is 0 Å². The Morgan fingerprint density at radius 3 is 2.77 bits per heavy atom. The molecule has 2 amide bonds. The maximum absolute atomic E-state index is 12.8. The zero-order valence-corrected chi connectivity index (χ0v) is 16.3. The predicted octanol–water partition coefficient (Wildman–Crippen LogP) is 2.98. The highest BCUT2D eigenvalue weighted by Gasteiger charge is 2.35. The van der Waals surface area contributed by atoms with Crippen LogP contribution in [0.25, 0.3) is 10.9 Å². The number of aromatic nitrogens is 2. The highest BCUT2D eigenvalue weighted by atomic mass is 16.2. The van der Waals surface area contributed by atoms with E-state index in [1.165, 1.54) is 0 Å². The summed E-state index contributed by atoms with van der Waals surface area (Å²) in [5.41, 5.74) is 2.02. The van der Waals surface area contributed by atoms with Gasteiger partial charge in [0.05, 0.1) is 5.52 Å². The molecule has 1 aliphatic heterocycles. The molecule has 1 unspecified atom stereocenters. The molecule has 1 N–H and O–H groups in total. The lowest BCUT2D eigenvalue weighted by Gasteiger charge is -2.33. The summed E-state index contributed by atoms with van der Waals surface area (Å²) in [6.07, 6.45) is 1.93. The number of fused-ring (bicyclic) bond motifs is 1. The highest BCUT2D eigenvalue weighted by Crippen LogP contribution is 2.26. The molecule has 1 fully saturated rings. The van der Waals surface area contributed by atoms with Crippen molar-refractivity contribution in [3.63, 3.8) is 0 Å². The molecule has 1 aromatic carbocycles. The molecule has 0 spiro atoms. The molecule has 3 rings (SSSR count). The third kappa shape index (κ3) is 3.45. The number of benzene rings is 1. The molecule has 0 saturated carbocycles. The van der Waals surface area contributed by atoms with E-state index >= 15 is 0 Å². The van der Waals surface area contributed by atoms with Gasteiger partial charge in [-0.1, -0.05) is 26.8 Å². The van der Waals surface area contributed by atoms with E-state index in [1.807, 2.05) is 50.8 Å². The summed E-state index contributed by atoms with van der Waals surface area (Å²) in [5, 5.41) is 8.21. The maximum atomic E-state index is 12.8. The van der Waals surface area contributed by atoms with Crippen LogP contribution in [0, 0.1) is 12.3 Å². The molecular weight excluding hydrogens is 328 g/mol. The molecule has 140 valence electrons. The molecule has 1 aromatic heterocycles. The van der Waals surface area contributed by atoms with Crippen LogP contribution in [0.2, 0.25) is 0 Å². The Hall–Kier alpha value is -2.37. The van der Waals surface area contributed by atoms with Crippen LogP contribution in [0.5, 0.6) is 0 Å². The Morgan fingerprint density at radius 1 is 1.35 bits per heavy atom. The molecule has 0 bridgehead atoms. The van der Waals surface area contributed by atoms with Crippen molar-refractivity contribution in [3.05, 3.63) is 29.5 Å². The summed E-state index contributed by atoms with van der Waals surface area (Å²) >= 11 is 0. The smallest absolute Gasteiger partial charge is 0.253 e. The summed E-state index contributed by atoms with van der Waals surface area (Å²) in [6, 6.07) is 5.69. The lowest BCUT2D eigenvalue weighted by Crippen LogP contribution is -2.47. The van der Waals surface area contributed by atoms with Crippen molar-refractivity contribution in [2.24, 2.45) is 5.41 Å². The van der Waals surface area contributed by atoms with Crippen molar-refractivity contribution in [3.8, 4) is 0 Å². The van der Waals surface area contributed by atoms with Gasteiger partial charge in [0.15, 0.2) is 0 Å². The zero-order valence-electron chi connectivity index (χ0n) is 16.3. The van der Waals surface area contributed by atoms with Gasteiger partial charge in [-0.2, -0.15) is 5.10 Å². The van der Waals surface area contributed by atoms with Crippen LogP contribution in [0.15, 0.2) is 18.2 Å². The molecule has 1 aliphatic rings. The van der Waals surface area contributed by atoms with Gasteiger partial charge in [-0.25, -0.2) is 0 Å². The SMILES string of the molecule is Cc1[nH]nc2cc(C(=O)N(C)CC3CCCN3C(=O)C(C)(C)C)ccc12. The Labute approximate surface area is 154 Å². The normalized spacial score (nSPS) is 17.7. The largest absolute Gasteiger partial charge is 0.340 e. The van der Waals surface area contributed by atoms with Gasteiger partial charge in [0, 0.05) is 48.2 Å². The number of rotatable bonds is 3. The first kappa shape index (κ1) is 18.4. The minimum absolute atomic E-state index is 0.0392. The third-order valence-electron chi connectivity index (χ3n) is 5.10. The second-order valence-corrected chi connectivity index (χ2v) is 8.31. The van der Waals surface area contributed by atoms with Crippen LogP contribution in [0.1, 0.15) is 49.7 Å². The maximum Gasteiger partial charge on any atom is 0.253 e. The van der Waals surface area contributed by atoms with E-state index < -0.39 is 5.41 Å². The first-order valence-electron chi connectivity index (χ1n) is 9.20. The molecule has 1 atom stereocenters. The fourth-order valence-electron chi connectivity index (χ4n) is 3.62. The molecule has 6 nitrogen and oxygen atoms in total. The molecule has 0 radical (unpaired) electrons. The Morgan fingerprint density at radius 2 is 2.08 bits per heavy atom. The lowest BCUT2D eigenvalue weighted by molar-refractivity contribution is -0.140. The zero-order chi connectivity index (χ0) is 19.1. The summed E-state index contributed by atoms with van der Waals surface area (Å²) in [6.45, 7) is 9.13. The number of H-pyrrole nitrogens is 1. The van der Waals surface area contributed by atoms with E-state index in [-0.39, 0.29) is 17.9 Å². The van der Waals surface area contributed by atoms with Crippen LogP contribution in [0.4, 0.5) is 0 Å². The number of aryl methyl sites for hydroxylation is 1.